The number of hydrogen-bond donors (Lipinski definition) is 1. The summed E-state index contributed by atoms with van der Waals surface area (Å²) in [4.78, 5) is 11.4. The van der Waals surface area contributed by atoms with Crippen LogP contribution in [0.25, 0.3) is 39.0 Å². The molecule has 0 aliphatic heterocycles. The molecule has 2 aromatic carbocycles. The van der Waals surface area contributed by atoms with Gasteiger partial charge in [-0.15, -0.1) is 0 Å². The molecule has 0 fully saturated rings. The van der Waals surface area contributed by atoms with Gasteiger partial charge in [-0.1, -0.05) is 45.0 Å². The Labute approximate surface area is 221 Å². The second-order valence-electron chi connectivity index (χ2n) is 10.7. The fourth-order valence-electron chi connectivity index (χ4n) is 4.68. The molecule has 190 valence electrons. The van der Waals surface area contributed by atoms with Crippen molar-refractivity contribution in [2.75, 3.05) is 19.0 Å². The van der Waals surface area contributed by atoms with Crippen LogP contribution in [0.1, 0.15) is 26.3 Å². The van der Waals surface area contributed by atoms with Crippen molar-refractivity contribution in [2.24, 2.45) is 0 Å². The van der Waals surface area contributed by atoms with Crippen LogP contribution in [0, 0.1) is 0 Å². The minimum Gasteiger partial charge on any atom is -0.439 e. The highest BCUT2D eigenvalue weighted by Gasteiger charge is 2.18. The molecule has 0 saturated heterocycles. The van der Waals surface area contributed by atoms with Crippen molar-refractivity contribution in [1.29, 1.82) is 0 Å². The third kappa shape index (κ3) is 4.26. The summed E-state index contributed by atoms with van der Waals surface area (Å²) in [6.07, 6.45) is 1.89. The first kappa shape index (κ1) is 23.7. The van der Waals surface area contributed by atoms with Crippen LogP contribution >= 0.6 is 0 Å². The number of rotatable bonds is 5. The van der Waals surface area contributed by atoms with Gasteiger partial charge in [-0.05, 0) is 47.4 Å². The van der Waals surface area contributed by atoms with E-state index < -0.39 is 0 Å². The number of nitrogens with one attached hydrogen (secondary N) is 1. The quantitative estimate of drug-likeness (QED) is 0.272. The van der Waals surface area contributed by atoms with Gasteiger partial charge >= 0.3 is 0 Å². The molecule has 7 nitrogen and oxygen atoms in total. The van der Waals surface area contributed by atoms with Crippen molar-refractivity contribution in [3.8, 4) is 28.8 Å². The third-order valence-electron chi connectivity index (χ3n) is 6.73. The SMILES string of the molecule is CN(C)c1cc(-c2cccc(Oc3ccc4c5ccccc5n(-c5cc(C(C)(C)C)ccn5)c4c3)n2)[nH]n1. The molecule has 0 radical (unpaired) electrons. The Morgan fingerprint density at radius 3 is 2.45 bits per heavy atom. The van der Waals surface area contributed by atoms with E-state index in [4.69, 9.17) is 14.7 Å². The van der Waals surface area contributed by atoms with E-state index in [0.717, 1.165) is 39.4 Å². The summed E-state index contributed by atoms with van der Waals surface area (Å²) in [7, 11) is 3.91. The second kappa shape index (κ2) is 9.03. The van der Waals surface area contributed by atoms with Gasteiger partial charge in [0, 0.05) is 49.3 Å². The number of fused-ring (bicyclic) bond motifs is 3. The highest BCUT2D eigenvalue weighted by molar-refractivity contribution is 6.09. The minimum atomic E-state index is 0.0172. The Balaban J connectivity index is 1.43. The van der Waals surface area contributed by atoms with Gasteiger partial charge in [0.1, 0.15) is 11.6 Å². The summed E-state index contributed by atoms with van der Waals surface area (Å²) >= 11 is 0. The van der Waals surface area contributed by atoms with Gasteiger partial charge in [0.25, 0.3) is 0 Å². The molecule has 0 amide bonds. The van der Waals surface area contributed by atoms with Crippen LogP contribution in [0.2, 0.25) is 0 Å². The molecule has 1 N–H and O–H groups in total. The number of benzene rings is 2. The summed E-state index contributed by atoms with van der Waals surface area (Å²) < 4.78 is 8.49. The summed E-state index contributed by atoms with van der Waals surface area (Å²) in [5.41, 5.74) is 4.99. The first-order chi connectivity index (χ1) is 18.3. The number of aromatic amines is 1. The Bertz CT molecular complexity index is 1770. The monoisotopic (exact) mass is 502 g/mol. The van der Waals surface area contributed by atoms with E-state index in [1.165, 1.54) is 10.9 Å². The molecule has 38 heavy (non-hydrogen) atoms. The Morgan fingerprint density at radius 2 is 1.66 bits per heavy atom. The van der Waals surface area contributed by atoms with Crippen LogP contribution in [0.5, 0.6) is 11.6 Å². The Kier molecular flexibility index (Phi) is 5.64. The molecule has 7 heteroatoms. The summed E-state index contributed by atoms with van der Waals surface area (Å²) in [6.45, 7) is 6.65. The molecule has 4 heterocycles. The first-order valence-corrected chi connectivity index (χ1v) is 12.7. The van der Waals surface area contributed by atoms with E-state index in [0.29, 0.717) is 11.6 Å². The standard InChI is InChI=1S/C31H30N6O/c1-31(2,3)20-15-16-32-28(17-20)37-26-11-7-6-9-22(26)23-14-13-21(18-27(23)37)38-30-12-8-10-24(33-30)25-19-29(35-34-25)36(4)5/h6-19H,1-5H3,(H,34,35). The highest BCUT2D eigenvalue weighted by Crippen LogP contribution is 2.35. The molecule has 6 aromatic rings. The second-order valence-corrected chi connectivity index (χ2v) is 10.7. The van der Waals surface area contributed by atoms with Crippen LogP contribution in [-0.2, 0) is 5.41 Å². The molecule has 4 aromatic heterocycles. The molecule has 0 aliphatic carbocycles. The molecule has 0 atom stereocenters. The number of pyridine rings is 2. The van der Waals surface area contributed by atoms with E-state index in [1.807, 2.05) is 55.5 Å². The third-order valence-corrected chi connectivity index (χ3v) is 6.73. The zero-order chi connectivity index (χ0) is 26.4. The van der Waals surface area contributed by atoms with E-state index in [1.54, 1.807) is 0 Å². The number of hydrogen-bond acceptors (Lipinski definition) is 5. The van der Waals surface area contributed by atoms with Crippen molar-refractivity contribution >= 4 is 27.6 Å². The van der Waals surface area contributed by atoms with Gasteiger partial charge in [0.05, 0.1) is 22.4 Å². The average Bonchev–Trinajstić information content (AvgIpc) is 3.52. The zero-order valence-electron chi connectivity index (χ0n) is 22.2. The molecule has 0 aliphatic rings. The molecule has 6 rings (SSSR count). The lowest BCUT2D eigenvalue weighted by Crippen LogP contribution is -2.12. The van der Waals surface area contributed by atoms with Gasteiger partial charge in [-0.25, -0.2) is 9.97 Å². The van der Waals surface area contributed by atoms with Gasteiger partial charge in [-0.2, -0.15) is 5.10 Å². The highest BCUT2D eigenvalue weighted by atomic mass is 16.5. The summed E-state index contributed by atoms with van der Waals surface area (Å²) in [6, 6.07) is 26.6. The summed E-state index contributed by atoms with van der Waals surface area (Å²) in [5.74, 6) is 2.95. The van der Waals surface area contributed by atoms with E-state index >= 15 is 0 Å². The van der Waals surface area contributed by atoms with E-state index in [2.05, 4.69) is 84.1 Å². The predicted octanol–water partition coefficient (Wildman–Crippen LogP) is 7.12. The van der Waals surface area contributed by atoms with Crippen molar-refractivity contribution < 1.29 is 4.74 Å². The lowest BCUT2D eigenvalue weighted by atomic mass is 9.88. The smallest absolute Gasteiger partial charge is 0.219 e. The maximum absolute atomic E-state index is 6.28. The van der Waals surface area contributed by atoms with Crippen molar-refractivity contribution in [3.63, 3.8) is 0 Å². The van der Waals surface area contributed by atoms with E-state index in [9.17, 15) is 0 Å². The molecular weight excluding hydrogens is 472 g/mol. The number of anilines is 1. The number of ether oxygens (including phenoxy) is 1. The zero-order valence-corrected chi connectivity index (χ0v) is 22.2. The minimum absolute atomic E-state index is 0.0172. The topological polar surface area (TPSA) is 71.9 Å². The van der Waals surface area contributed by atoms with Crippen LogP contribution in [0.4, 0.5) is 5.82 Å². The van der Waals surface area contributed by atoms with Crippen LogP contribution in [0.3, 0.4) is 0 Å². The van der Waals surface area contributed by atoms with Crippen LogP contribution in [-0.4, -0.2) is 38.8 Å². The van der Waals surface area contributed by atoms with Gasteiger partial charge < -0.3 is 9.64 Å². The number of aromatic nitrogens is 5. The van der Waals surface area contributed by atoms with Crippen LogP contribution in [0.15, 0.2) is 85.1 Å². The number of nitrogens with zero attached hydrogens (tertiary/aromatic N) is 5. The van der Waals surface area contributed by atoms with Gasteiger partial charge in [0.15, 0.2) is 5.82 Å². The fraction of sp³-hybridized carbons (Fsp3) is 0.194. The Morgan fingerprint density at radius 1 is 0.842 bits per heavy atom. The summed E-state index contributed by atoms with van der Waals surface area (Å²) in [5, 5.41) is 9.70. The van der Waals surface area contributed by atoms with Crippen molar-refractivity contribution in [3.05, 3.63) is 90.6 Å². The fourth-order valence-corrected chi connectivity index (χ4v) is 4.68. The van der Waals surface area contributed by atoms with Gasteiger partial charge in [0.2, 0.25) is 5.88 Å². The molecule has 0 unspecified atom stereocenters. The first-order valence-electron chi connectivity index (χ1n) is 12.7. The predicted molar refractivity (Wildman–Crippen MR) is 153 cm³/mol. The van der Waals surface area contributed by atoms with Crippen LogP contribution < -0.4 is 9.64 Å². The van der Waals surface area contributed by atoms with Crippen molar-refractivity contribution in [1.82, 2.24) is 24.7 Å². The van der Waals surface area contributed by atoms with Crippen molar-refractivity contribution in [2.45, 2.75) is 26.2 Å². The largest absolute Gasteiger partial charge is 0.439 e. The normalized spacial score (nSPS) is 11.8. The maximum atomic E-state index is 6.28. The molecule has 0 bridgehead atoms. The lowest BCUT2D eigenvalue weighted by molar-refractivity contribution is 0.464. The number of H-pyrrole nitrogens is 1. The maximum Gasteiger partial charge on any atom is 0.219 e. The lowest BCUT2D eigenvalue weighted by Gasteiger charge is -2.20. The number of para-hydroxylation sites is 1. The molecule has 0 saturated carbocycles. The Hall–Kier alpha value is -4.65. The molecular formula is C31H30N6O. The average molecular weight is 503 g/mol. The van der Waals surface area contributed by atoms with E-state index in [-0.39, 0.29) is 5.41 Å². The molecule has 0 spiro atoms. The van der Waals surface area contributed by atoms with Gasteiger partial charge in [-0.3, -0.25) is 9.67 Å².